The number of carbonyl (C=O) groups excluding carboxylic acids is 1. The lowest BCUT2D eigenvalue weighted by molar-refractivity contribution is 0.0976. The quantitative estimate of drug-likeness (QED) is 0.814. The van der Waals surface area contributed by atoms with E-state index in [4.69, 9.17) is 17.0 Å². The number of hydrogen-bond donors (Lipinski definition) is 2. The number of thiocarbonyl (C=S) groups is 1. The molecule has 2 N–H and O–H groups in total. The number of ether oxygens (including phenoxy) is 1. The van der Waals surface area contributed by atoms with Crippen LogP contribution in [-0.4, -0.2) is 23.7 Å². The van der Waals surface area contributed by atoms with Gasteiger partial charge in [0.2, 0.25) is 0 Å². The van der Waals surface area contributed by atoms with Crippen molar-refractivity contribution in [3.63, 3.8) is 0 Å². The summed E-state index contributed by atoms with van der Waals surface area (Å²) in [6.45, 7) is 6.66. The summed E-state index contributed by atoms with van der Waals surface area (Å²) in [6, 6.07) is 7.04. The molecule has 104 valence electrons. The predicted molar refractivity (Wildman–Crippen MR) is 80.6 cm³/mol. The largest absolute Gasteiger partial charge is 0.491 e. The van der Waals surface area contributed by atoms with Crippen molar-refractivity contribution in [2.75, 3.05) is 6.54 Å². The van der Waals surface area contributed by atoms with Gasteiger partial charge in [-0.2, -0.15) is 0 Å². The normalized spacial score (nSPS) is 10.1. The standard InChI is InChI=1S/C14H20N2O2S/c1-4-8-15-14(19)16-13(17)11-6-5-7-12(9-11)18-10(2)3/h5-7,9-10H,4,8H2,1-3H3,(H2,15,16,17,19). The molecule has 0 heterocycles. The smallest absolute Gasteiger partial charge is 0.257 e. The maximum atomic E-state index is 12.0. The first kappa shape index (κ1) is 15.4. The monoisotopic (exact) mass is 280 g/mol. The zero-order valence-electron chi connectivity index (χ0n) is 11.5. The second-order valence-corrected chi connectivity index (χ2v) is 4.81. The highest BCUT2D eigenvalue weighted by molar-refractivity contribution is 7.80. The van der Waals surface area contributed by atoms with Crippen LogP contribution in [-0.2, 0) is 0 Å². The number of carbonyl (C=O) groups is 1. The van der Waals surface area contributed by atoms with E-state index >= 15 is 0 Å². The van der Waals surface area contributed by atoms with Crippen molar-refractivity contribution in [2.45, 2.75) is 33.3 Å². The van der Waals surface area contributed by atoms with Crippen LogP contribution >= 0.6 is 12.2 Å². The van der Waals surface area contributed by atoms with Crippen LogP contribution in [0.3, 0.4) is 0 Å². The van der Waals surface area contributed by atoms with E-state index in [1.165, 1.54) is 0 Å². The number of amides is 1. The fourth-order valence-corrected chi connectivity index (χ4v) is 1.64. The van der Waals surface area contributed by atoms with Gasteiger partial charge in [0.1, 0.15) is 5.75 Å². The van der Waals surface area contributed by atoms with Gasteiger partial charge in [0.15, 0.2) is 5.11 Å². The first-order valence-electron chi connectivity index (χ1n) is 6.38. The minimum absolute atomic E-state index is 0.0746. The van der Waals surface area contributed by atoms with Crippen molar-refractivity contribution in [2.24, 2.45) is 0 Å². The number of hydrogen-bond acceptors (Lipinski definition) is 3. The van der Waals surface area contributed by atoms with E-state index in [0.717, 1.165) is 13.0 Å². The van der Waals surface area contributed by atoms with Crippen molar-refractivity contribution in [3.05, 3.63) is 29.8 Å². The van der Waals surface area contributed by atoms with Gasteiger partial charge in [0.05, 0.1) is 6.10 Å². The van der Waals surface area contributed by atoms with Crippen molar-refractivity contribution in [1.82, 2.24) is 10.6 Å². The second-order valence-electron chi connectivity index (χ2n) is 4.40. The van der Waals surface area contributed by atoms with Crippen LogP contribution in [0.15, 0.2) is 24.3 Å². The van der Waals surface area contributed by atoms with Crippen LogP contribution in [0.5, 0.6) is 5.75 Å². The van der Waals surface area contributed by atoms with Gasteiger partial charge in [-0.25, -0.2) is 0 Å². The van der Waals surface area contributed by atoms with E-state index < -0.39 is 0 Å². The van der Waals surface area contributed by atoms with Crippen molar-refractivity contribution >= 4 is 23.2 Å². The van der Waals surface area contributed by atoms with Crippen LogP contribution in [0.2, 0.25) is 0 Å². The Morgan fingerprint density at radius 2 is 2.16 bits per heavy atom. The maximum Gasteiger partial charge on any atom is 0.257 e. The molecule has 1 rings (SSSR count). The average molecular weight is 280 g/mol. The van der Waals surface area contributed by atoms with Crippen LogP contribution in [0, 0.1) is 0 Å². The van der Waals surface area contributed by atoms with Gasteiger partial charge in [-0.3, -0.25) is 10.1 Å². The Morgan fingerprint density at radius 1 is 1.42 bits per heavy atom. The molecule has 0 bridgehead atoms. The molecule has 1 aromatic carbocycles. The fourth-order valence-electron chi connectivity index (χ4n) is 1.44. The van der Waals surface area contributed by atoms with Gasteiger partial charge in [0, 0.05) is 12.1 Å². The topological polar surface area (TPSA) is 50.4 Å². The SMILES string of the molecule is CCCNC(=S)NC(=O)c1cccc(OC(C)C)c1. The number of nitrogens with one attached hydrogen (secondary N) is 2. The van der Waals surface area contributed by atoms with Crippen LogP contribution < -0.4 is 15.4 Å². The molecule has 0 saturated carbocycles. The van der Waals surface area contributed by atoms with Gasteiger partial charge in [-0.15, -0.1) is 0 Å². The first-order chi connectivity index (χ1) is 9.02. The summed E-state index contributed by atoms with van der Waals surface area (Å²) in [5.74, 6) is 0.442. The van der Waals surface area contributed by atoms with Crippen molar-refractivity contribution in [1.29, 1.82) is 0 Å². The minimum Gasteiger partial charge on any atom is -0.491 e. The summed E-state index contributed by atoms with van der Waals surface area (Å²) in [4.78, 5) is 12.0. The van der Waals surface area contributed by atoms with Gasteiger partial charge in [0.25, 0.3) is 5.91 Å². The average Bonchev–Trinajstić information content (AvgIpc) is 2.35. The van der Waals surface area contributed by atoms with E-state index in [1.54, 1.807) is 18.2 Å². The maximum absolute atomic E-state index is 12.0. The summed E-state index contributed by atoms with van der Waals surface area (Å²) >= 11 is 5.02. The van der Waals surface area contributed by atoms with E-state index in [-0.39, 0.29) is 12.0 Å². The lowest BCUT2D eigenvalue weighted by Gasteiger charge is -2.11. The Bertz CT molecular complexity index is 447. The van der Waals surface area contributed by atoms with Crippen molar-refractivity contribution in [3.8, 4) is 5.75 Å². The lowest BCUT2D eigenvalue weighted by Crippen LogP contribution is -2.39. The van der Waals surface area contributed by atoms with Crippen molar-refractivity contribution < 1.29 is 9.53 Å². The van der Waals surface area contributed by atoms with Gasteiger partial charge in [-0.05, 0) is 50.7 Å². The summed E-state index contributed by atoms with van der Waals surface area (Å²) in [6.07, 6.45) is 1.03. The molecule has 0 atom stereocenters. The highest BCUT2D eigenvalue weighted by Gasteiger charge is 2.09. The first-order valence-corrected chi connectivity index (χ1v) is 6.79. The zero-order valence-corrected chi connectivity index (χ0v) is 12.3. The molecular formula is C14H20N2O2S. The molecule has 1 aromatic rings. The molecule has 0 unspecified atom stereocenters. The van der Waals surface area contributed by atoms with Gasteiger partial charge in [-0.1, -0.05) is 13.0 Å². The third kappa shape index (κ3) is 5.70. The highest BCUT2D eigenvalue weighted by Crippen LogP contribution is 2.14. The molecule has 0 aliphatic carbocycles. The molecule has 0 spiro atoms. The fraction of sp³-hybridized carbons (Fsp3) is 0.429. The molecule has 4 nitrogen and oxygen atoms in total. The van der Waals surface area contributed by atoms with E-state index in [2.05, 4.69) is 10.6 Å². The second kappa shape index (κ2) is 7.74. The minimum atomic E-state index is -0.234. The molecule has 1 amide bonds. The molecular weight excluding hydrogens is 260 g/mol. The number of rotatable bonds is 5. The van der Waals surface area contributed by atoms with Crippen LogP contribution in [0.1, 0.15) is 37.6 Å². The Kier molecular flexibility index (Phi) is 6.29. The summed E-state index contributed by atoms with van der Waals surface area (Å²) < 4.78 is 5.55. The third-order valence-corrected chi connectivity index (χ3v) is 2.48. The lowest BCUT2D eigenvalue weighted by atomic mass is 10.2. The Balaban J connectivity index is 2.63. The molecule has 0 aliphatic heterocycles. The molecule has 0 radical (unpaired) electrons. The third-order valence-electron chi connectivity index (χ3n) is 2.23. The van der Waals surface area contributed by atoms with E-state index in [9.17, 15) is 4.79 Å². The molecule has 0 fully saturated rings. The molecule has 0 aliphatic rings. The Labute approximate surface area is 119 Å². The molecule has 0 aromatic heterocycles. The summed E-state index contributed by atoms with van der Waals surface area (Å²) in [5.41, 5.74) is 0.527. The van der Waals surface area contributed by atoms with Gasteiger partial charge >= 0.3 is 0 Å². The van der Waals surface area contributed by atoms with E-state index in [1.807, 2.05) is 26.8 Å². The molecule has 5 heteroatoms. The summed E-state index contributed by atoms with van der Waals surface area (Å²) in [5, 5.41) is 5.93. The highest BCUT2D eigenvalue weighted by atomic mass is 32.1. The Morgan fingerprint density at radius 3 is 2.79 bits per heavy atom. The molecule has 19 heavy (non-hydrogen) atoms. The van der Waals surface area contributed by atoms with Crippen LogP contribution in [0.25, 0.3) is 0 Å². The van der Waals surface area contributed by atoms with Gasteiger partial charge < -0.3 is 10.1 Å². The molecule has 0 saturated heterocycles. The zero-order chi connectivity index (χ0) is 14.3. The number of benzene rings is 1. The van der Waals surface area contributed by atoms with E-state index in [0.29, 0.717) is 16.4 Å². The summed E-state index contributed by atoms with van der Waals surface area (Å²) in [7, 11) is 0. The predicted octanol–water partition coefficient (Wildman–Crippen LogP) is 2.49. The van der Waals surface area contributed by atoms with Crippen LogP contribution in [0.4, 0.5) is 0 Å². The Hall–Kier alpha value is -1.62.